The molecule has 5 heteroatoms. The zero-order chi connectivity index (χ0) is 8.97. The molecule has 0 aromatic heterocycles. The highest BCUT2D eigenvalue weighted by atomic mass is 16.3. The predicted molar refractivity (Wildman–Crippen MR) is 46.3 cm³/mol. The molecule has 68 valence electrons. The average Bonchev–Trinajstić information content (AvgIpc) is 2.16. The summed E-state index contributed by atoms with van der Waals surface area (Å²) in [7, 11) is 0. The second kappa shape index (κ2) is 4.18. The molecule has 1 aliphatic heterocycles. The van der Waals surface area contributed by atoms with Crippen molar-refractivity contribution in [3.05, 3.63) is 0 Å². The number of amidine groups is 2. The van der Waals surface area contributed by atoms with E-state index in [0.29, 0.717) is 18.3 Å². The van der Waals surface area contributed by atoms with E-state index < -0.39 is 0 Å². The summed E-state index contributed by atoms with van der Waals surface area (Å²) in [6.45, 7) is 2.94. The maximum Gasteiger partial charge on any atom is 0.153 e. The molecule has 0 radical (unpaired) electrons. The van der Waals surface area contributed by atoms with Gasteiger partial charge in [-0.05, 0) is 6.92 Å². The lowest BCUT2D eigenvalue weighted by molar-refractivity contribution is 0.319. The van der Waals surface area contributed by atoms with Gasteiger partial charge in [0, 0.05) is 6.54 Å². The summed E-state index contributed by atoms with van der Waals surface area (Å²) in [5.74, 6) is 0.973. The van der Waals surface area contributed by atoms with Crippen molar-refractivity contribution >= 4 is 11.7 Å². The Kier molecular flexibility index (Phi) is 3.19. The molecule has 0 saturated carbocycles. The van der Waals surface area contributed by atoms with Crippen molar-refractivity contribution in [2.45, 2.75) is 6.92 Å². The molecule has 0 aromatic carbocycles. The zero-order valence-electron chi connectivity index (χ0n) is 7.06. The highest BCUT2D eigenvalue weighted by molar-refractivity contribution is 5.99. The Morgan fingerprint density at radius 3 is 2.67 bits per heavy atom. The van der Waals surface area contributed by atoms with Gasteiger partial charge in [-0.15, -0.1) is 0 Å². The third-order valence-electron chi connectivity index (χ3n) is 1.71. The lowest BCUT2D eigenvalue weighted by atomic mass is 10.4. The predicted octanol–water partition coefficient (Wildman–Crippen LogP) is -0.939. The molecule has 12 heavy (non-hydrogen) atoms. The van der Waals surface area contributed by atoms with Crippen molar-refractivity contribution in [1.29, 1.82) is 0 Å². The molecule has 0 atom stereocenters. The van der Waals surface area contributed by atoms with Crippen LogP contribution in [0.4, 0.5) is 0 Å². The Labute approximate surface area is 71.1 Å². The normalized spacial score (nSPS) is 17.4. The van der Waals surface area contributed by atoms with Gasteiger partial charge < -0.3 is 15.1 Å². The quantitative estimate of drug-likeness (QED) is 0.576. The van der Waals surface area contributed by atoms with E-state index in [4.69, 9.17) is 10.2 Å². The van der Waals surface area contributed by atoms with Crippen LogP contribution in [0.2, 0.25) is 0 Å². The molecule has 1 heterocycles. The minimum Gasteiger partial charge on any atom is -0.388 e. The van der Waals surface area contributed by atoms with E-state index in [0.717, 1.165) is 6.54 Å². The van der Waals surface area contributed by atoms with Crippen LogP contribution in [0.5, 0.6) is 0 Å². The van der Waals surface area contributed by atoms with Crippen LogP contribution in [0.1, 0.15) is 6.92 Å². The summed E-state index contributed by atoms with van der Waals surface area (Å²) in [5.41, 5.74) is 0. The van der Waals surface area contributed by atoms with E-state index in [-0.39, 0.29) is 13.2 Å². The van der Waals surface area contributed by atoms with Crippen LogP contribution in [0, 0.1) is 0 Å². The first kappa shape index (κ1) is 9.15. The van der Waals surface area contributed by atoms with Crippen LogP contribution < -0.4 is 0 Å². The fourth-order valence-electron chi connectivity index (χ4n) is 1.01. The number of aliphatic imine (C=N–C) groups is 2. The molecule has 1 rings (SSSR count). The minimum atomic E-state index is -0.166. The van der Waals surface area contributed by atoms with E-state index in [1.54, 1.807) is 0 Å². The Morgan fingerprint density at radius 1 is 1.42 bits per heavy atom. The van der Waals surface area contributed by atoms with E-state index in [1.165, 1.54) is 0 Å². The van der Waals surface area contributed by atoms with Gasteiger partial charge in [0.1, 0.15) is 25.7 Å². The van der Waals surface area contributed by atoms with E-state index in [2.05, 4.69) is 9.98 Å². The molecule has 2 N–H and O–H groups in total. The first-order valence-electron chi connectivity index (χ1n) is 3.89. The van der Waals surface area contributed by atoms with Crippen LogP contribution in [0.15, 0.2) is 9.98 Å². The van der Waals surface area contributed by atoms with E-state index in [1.807, 2.05) is 11.8 Å². The van der Waals surface area contributed by atoms with Crippen LogP contribution in [0.25, 0.3) is 0 Å². The molecule has 0 amide bonds. The Morgan fingerprint density at radius 2 is 2.17 bits per heavy atom. The molecule has 0 bridgehead atoms. The number of aliphatic hydroxyl groups excluding tert-OH is 2. The molecule has 0 unspecified atom stereocenters. The van der Waals surface area contributed by atoms with Gasteiger partial charge in [0.2, 0.25) is 0 Å². The van der Waals surface area contributed by atoms with Gasteiger partial charge in [-0.2, -0.15) is 0 Å². The van der Waals surface area contributed by atoms with Crippen molar-refractivity contribution in [2.24, 2.45) is 9.98 Å². The highest BCUT2D eigenvalue weighted by Gasteiger charge is 2.13. The summed E-state index contributed by atoms with van der Waals surface area (Å²) in [5, 5.41) is 17.6. The van der Waals surface area contributed by atoms with E-state index >= 15 is 0 Å². The van der Waals surface area contributed by atoms with Crippen LogP contribution >= 0.6 is 0 Å². The molecule has 0 fully saturated rings. The van der Waals surface area contributed by atoms with Crippen LogP contribution in [0.3, 0.4) is 0 Å². The maximum atomic E-state index is 8.90. The third kappa shape index (κ3) is 1.80. The van der Waals surface area contributed by atoms with Gasteiger partial charge in [0.25, 0.3) is 0 Å². The standard InChI is InChI=1S/C7H13N3O2/c1-2-10-5-8-6(3-11)9-7(10)4-12/h11-12H,2-5H2,1H3. The fraction of sp³-hybridized carbons (Fsp3) is 0.714. The third-order valence-corrected chi connectivity index (χ3v) is 1.71. The van der Waals surface area contributed by atoms with Gasteiger partial charge in [-0.25, -0.2) is 9.98 Å². The molecule has 1 aliphatic rings. The van der Waals surface area contributed by atoms with Crippen molar-refractivity contribution in [3.63, 3.8) is 0 Å². The lowest BCUT2D eigenvalue weighted by Crippen LogP contribution is -2.37. The molecule has 0 saturated heterocycles. The Bertz CT molecular complexity index is 213. The van der Waals surface area contributed by atoms with Crippen molar-refractivity contribution in [3.8, 4) is 0 Å². The summed E-state index contributed by atoms with van der Waals surface area (Å²) in [4.78, 5) is 9.80. The van der Waals surface area contributed by atoms with Crippen molar-refractivity contribution in [2.75, 3.05) is 26.4 Å². The summed E-state index contributed by atoms with van der Waals surface area (Å²) >= 11 is 0. The minimum absolute atomic E-state index is 0.104. The lowest BCUT2D eigenvalue weighted by Gasteiger charge is -2.24. The van der Waals surface area contributed by atoms with Crippen molar-refractivity contribution in [1.82, 2.24) is 4.90 Å². The molecule has 0 spiro atoms. The molecule has 0 aliphatic carbocycles. The smallest absolute Gasteiger partial charge is 0.153 e. The largest absolute Gasteiger partial charge is 0.388 e. The Balaban J connectivity index is 2.71. The molecule has 0 aromatic rings. The SMILES string of the molecule is CCN1CN=C(CO)N=C1CO. The topological polar surface area (TPSA) is 68.4 Å². The zero-order valence-corrected chi connectivity index (χ0v) is 7.06. The number of hydrogen-bond donors (Lipinski definition) is 2. The second-order valence-electron chi connectivity index (χ2n) is 2.42. The summed E-state index contributed by atoms with van der Waals surface area (Å²) < 4.78 is 0. The number of hydrogen-bond acceptors (Lipinski definition) is 5. The van der Waals surface area contributed by atoms with Gasteiger partial charge in [0.05, 0.1) is 0 Å². The number of rotatable bonds is 3. The van der Waals surface area contributed by atoms with Gasteiger partial charge >= 0.3 is 0 Å². The number of nitrogens with zero attached hydrogens (tertiary/aromatic N) is 3. The van der Waals surface area contributed by atoms with Crippen LogP contribution in [-0.2, 0) is 0 Å². The van der Waals surface area contributed by atoms with E-state index in [9.17, 15) is 0 Å². The molecular formula is C7H13N3O2. The van der Waals surface area contributed by atoms with Gasteiger partial charge in [0.15, 0.2) is 5.84 Å². The molecular weight excluding hydrogens is 158 g/mol. The van der Waals surface area contributed by atoms with Crippen molar-refractivity contribution < 1.29 is 10.2 Å². The average molecular weight is 171 g/mol. The van der Waals surface area contributed by atoms with Gasteiger partial charge in [-0.3, -0.25) is 0 Å². The number of likely N-dealkylation sites (N-methyl/N-ethyl adjacent to an activating group) is 1. The second-order valence-corrected chi connectivity index (χ2v) is 2.42. The fourth-order valence-corrected chi connectivity index (χ4v) is 1.01. The van der Waals surface area contributed by atoms with Crippen LogP contribution in [-0.4, -0.2) is 53.2 Å². The Hall–Kier alpha value is -0.940. The monoisotopic (exact) mass is 171 g/mol. The molecule has 5 nitrogen and oxygen atoms in total. The summed E-state index contributed by atoms with van der Waals surface area (Å²) in [6.07, 6.45) is 0. The van der Waals surface area contributed by atoms with Gasteiger partial charge in [-0.1, -0.05) is 0 Å². The summed E-state index contributed by atoms with van der Waals surface area (Å²) in [6, 6.07) is 0. The first-order valence-corrected chi connectivity index (χ1v) is 3.89. The maximum absolute atomic E-state index is 8.90. The number of aliphatic hydroxyl groups is 2. The first-order chi connectivity index (χ1) is 5.81. The highest BCUT2D eigenvalue weighted by Crippen LogP contribution is 2.00.